The van der Waals surface area contributed by atoms with Crippen LogP contribution in [-0.4, -0.2) is 8.41 Å². The molecule has 0 unspecified atom stereocenters. The highest BCUT2D eigenvalue weighted by Crippen LogP contribution is 2.46. The zero-order chi connectivity index (χ0) is 10.5. The molecule has 0 radical (unpaired) electrons. The van der Waals surface area contributed by atoms with Crippen LogP contribution in [0.3, 0.4) is 0 Å². The Morgan fingerprint density at radius 2 is 0.941 bits per heavy atom. The van der Waals surface area contributed by atoms with Crippen LogP contribution < -0.4 is 0 Å². The summed E-state index contributed by atoms with van der Waals surface area (Å²) in [5.74, 6) is 0. The highest BCUT2D eigenvalue weighted by Gasteiger charge is 2.19. The molecule has 4 rings (SSSR count). The summed E-state index contributed by atoms with van der Waals surface area (Å²) in [5, 5.41) is 2.75. The first kappa shape index (κ1) is 10.2. The number of hydrogen-bond donors (Lipinski definition) is 0. The van der Waals surface area contributed by atoms with Gasteiger partial charge in [0.05, 0.1) is 8.41 Å². The Balaban J connectivity index is 0.000000902. The van der Waals surface area contributed by atoms with E-state index in [0.29, 0.717) is 0 Å². The first-order valence-electron chi connectivity index (χ1n) is 5.57. The van der Waals surface area contributed by atoms with Gasteiger partial charge in [0.25, 0.3) is 0 Å². The standard InChI is InChI=1S/C16H10.BH3/c1-2-8-13-12(7-1)14-9-3-5-11-6-4-10-15(13)16(11)14;/h1-10H;1H3. The van der Waals surface area contributed by atoms with Gasteiger partial charge in [0.15, 0.2) is 0 Å². The molecule has 1 heteroatoms. The first-order valence-corrected chi connectivity index (χ1v) is 5.57. The molecule has 80 valence electrons. The summed E-state index contributed by atoms with van der Waals surface area (Å²) in [6.07, 6.45) is 0. The van der Waals surface area contributed by atoms with Crippen molar-refractivity contribution >= 4 is 19.2 Å². The van der Waals surface area contributed by atoms with Crippen LogP contribution in [0.5, 0.6) is 0 Å². The zero-order valence-corrected chi connectivity index (χ0v) is 8.77. The SMILES string of the molecule is B.c1ccc2c(c1)-c1cccc3cccc-2c13. The van der Waals surface area contributed by atoms with Gasteiger partial charge in [-0.25, -0.2) is 0 Å². The van der Waals surface area contributed by atoms with Crippen LogP contribution in [-0.2, 0) is 0 Å². The van der Waals surface area contributed by atoms with Crippen molar-refractivity contribution < 1.29 is 0 Å². The third-order valence-corrected chi connectivity index (χ3v) is 3.41. The minimum Gasteiger partial charge on any atom is -0.0616 e. The summed E-state index contributed by atoms with van der Waals surface area (Å²) >= 11 is 0. The Hall–Kier alpha value is -2.02. The first-order chi connectivity index (χ1) is 7.95. The molecular formula is C16H13B. The van der Waals surface area contributed by atoms with Crippen molar-refractivity contribution in [2.45, 2.75) is 0 Å². The Morgan fingerprint density at radius 3 is 1.47 bits per heavy atom. The van der Waals surface area contributed by atoms with E-state index < -0.39 is 0 Å². The van der Waals surface area contributed by atoms with E-state index in [1.54, 1.807) is 0 Å². The lowest BCUT2D eigenvalue weighted by molar-refractivity contribution is 1.70. The van der Waals surface area contributed by atoms with Crippen molar-refractivity contribution in [3.8, 4) is 22.3 Å². The normalized spacial score (nSPS) is 11.1. The molecule has 0 amide bonds. The molecule has 0 aliphatic heterocycles. The molecule has 17 heavy (non-hydrogen) atoms. The maximum absolute atomic E-state index is 2.22. The summed E-state index contributed by atoms with van der Waals surface area (Å²) < 4.78 is 0. The maximum Gasteiger partial charge on any atom is 0.0814 e. The van der Waals surface area contributed by atoms with Crippen molar-refractivity contribution in [1.29, 1.82) is 0 Å². The highest BCUT2D eigenvalue weighted by molar-refractivity contribution is 6.15. The van der Waals surface area contributed by atoms with Crippen LogP contribution in [0.1, 0.15) is 0 Å². The van der Waals surface area contributed by atoms with Gasteiger partial charge in [-0.2, -0.15) is 0 Å². The molecule has 0 heterocycles. The van der Waals surface area contributed by atoms with Gasteiger partial charge >= 0.3 is 0 Å². The van der Waals surface area contributed by atoms with Gasteiger partial charge in [0.1, 0.15) is 0 Å². The molecule has 0 N–H and O–H groups in total. The summed E-state index contributed by atoms with van der Waals surface area (Å²) in [7, 11) is 0. The molecule has 1 aliphatic carbocycles. The Morgan fingerprint density at radius 1 is 0.471 bits per heavy atom. The van der Waals surface area contributed by atoms with Crippen LogP contribution in [0.15, 0.2) is 60.7 Å². The van der Waals surface area contributed by atoms with Crippen molar-refractivity contribution in [3.63, 3.8) is 0 Å². The average Bonchev–Trinajstić information content (AvgIpc) is 2.68. The lowest BCUT2D eigenvalue weighted by atomic mass is 10.0. The van der Waals surface area contributed by atoms with Crippen LogP contribution in [0.25, 0.3) is 33.0 Å². The molecule has 3 aromatic carbocycles. The lowest BCUT2D eigenvalue weighted by Crippen LogP contribution is -1.73. The number of hydrogen-bond acceptors (Lipinski definition) is 0. The van der Waals surface area contributed by atoms with Crippen molar-refractivity contribution in [2.24, 2.45) is 0 Å². The molecule has 0 fully saturated rings. The molecule has 3 aromatic rings. The van der Waals surface area contributed by atoms with Gasteiger partial charge in [0, 0.05) is 0 Å². The highest BCUT2D eigenvalue weighted by atomic mass is 14.2. The van der Waals surface area contributed by atoms with E-state index in [4.69, 9.17) is 0 Å². The van der Waals surface area contributed by atoms with Gasteiger partial charge in [0.2, 0.25) is 0 Å². The Kier molecular flexibility index (Phi) is 2.09. The average molecular weight is 216 g/mol. The second-order valence-corrected chi connectivity index (χ2v) is 4.25. The third kappa shape index (κ3) is 1.20. The molecule has 0 atom stereocenters. The molecule has 0 bridgehead atoms. The quantitative estimate of drug-likeness (QED) is 0.395. The van der Waals surface area contributed by atoms with E-state index in [-0.39, 0.29) is 8.41 Å². The molecule has 0 spiro atoms. The fourth-order valence-corrected chi connectivity index (χ4v) is 2.74. The number of rotatable bonds is 0. The Labute approximate surface area is 102 Å². The van der Waals surface area contributed by atoms with Crippen LogP contribution >= 0.6 is 0 Å². The minimum absolute atomic E-state index is 0. The minimum atomic E-state index is 0. The largest absolute Gasteiger partial charge is 0.0814 e. The van der Waals surface area contributed by atoms with Gasteiger partial charge in [-0.3, -0.25) is 0 Å². The van der Waals surface area contributed by atoms with E-state index in [1.165, 1.54) is 33.0 Å². The van der Waals surface area contributed by atoms with Crippen LogP contribution in [0.4, 0.5) is 0 Å². The topological polar surface area (TPSA) is 0 Å². The fraction of sp³-hybridized carbons (Fsp3) is 0. The summed E-state index contributed by atoms with van der Waals surface area (Å²) in [6, 6.07) is 21.8. The summed E-state index contributed by atoms with van der Waals surface area (Å²) in [6.45, 7) is 0. The Bertz CT molecular complexity index is 656. The van der Waals surface area contributed by atoms with Gasteiger partial charge in [-0.15, -0.1) is 0 Å². The zero-order valence-electron chi connectivity index (χ0n) is 8.77. The van der Waals surface area contributed by atoms with Crippen molar-refractivity contribution in [3.05, 3.63) is 60.7 Å². The number of fused-ring (bicyclic) bond motifs is 3. The molecule has 0 saturated heterocycles. The van der Waals surface area contributed by atoms with E-state index in [1.807, 2.05) is 0 Å². The smallest absolute Gasteiger partial charge is 0.0616 e. The van der Waals surface area contributed by atoms with E-state index in [9.17, 15) is 0 Å². The molecule has 0 aromatic heterocycles. The molecular weight excluding hydrogens is 203 g/mol. The molecule has 0 nitrogen and oxygen atoms in total. The van der Waals surface area contributed by atoms with E-state index in [2.05, 4.69) is 60.7 Å². The molecule has 0 saturated carbocycles. The predicted molar refractivity (Wildman–Crippen MR) is 78.3 cm³/mol. The van der Waals surface area contributed by atoms with E-state index >= 15 is 0 Å². The second kappa shape index (κ2) is 3.49. The molecule has 1 aliphatic rings. The summed E-state index contributed by atoms with van der Waals surface area (Å²) in [4.78, 5) is 0. The van der Waals surface area contributed by atoms with Crippen LogP contribution in [0, 0.1) is 0 Å². The number of benzene rings is 3. The predicted octanol–water partition coefficient (Wildman–Crippen LogP) is 3.30. The van der Waals surface area contributed by atoms with Gasteiger partial charge in [-0.05, 0) is 33.0 Å². The van der Waals surface area contributed by atoms with Gasteiger partial charge in [-0.1, -0.05) is 60.7 Å². The fourth-order valence-electron chi connectivity index (χ4n) is 2.74. The van der Waals surface area contributed by atoms with Crippen molar-refractivity contribution in [1.82, 2.24) is 0 Å². The monoisotopic (exact) mass is 216 g/mol. The van der Waals surface area contributed by atoms with Crippen LogP contribution in [0.2, 0.25) is 0 Å². The van der Waals surface area contributed by atoms with E-state index in [0.717, 1.165) is 0 Å². The second-order valence-electron chi connectivity index (χ2n) is 4.25. The lowest BCUT2D eigenvalue weighted by Gasteiger charge is -2.00. The van der Waals surface area contributed by atoms with Gasteiger partial charge < -0.3 is 0 Å². The third-order valence-electron chi connectivity index (χ3n) is 3.41. The summed E-state index contributed by atoms with van der Waals surface area (Å²) in [5.41, 5.74) is 5.50. The maximum atomic E-state index is 2.22. The van der Waals surface area contributed by atoms with Crippen molar-refractivity contribution in [2.75, 3.05) is 0 Å².